The van der Waals surface area contributed by atoms with E-state index in [1.807, 2.05) is 0 Å². The average Bonchev–Trinajstić information content (AvgIpc) is 2.74. The van der Waals surface area contributed by atoms with Crippen LogP contribution in [0, 0.1) is 5.41 Å². The van der Waals surface area contributed by atoms with E-state index in [1.165, 1.54) is 77.4 Å². The molecule has 0 aromatic rings. The van der Waals surface area contributed by atoms with Crippen LogP contribution in [0.1, 0.15) is 64.7 Å². The standard InChI is InChI=1S/C18H36N2O/c1-3-12-19-15-18(10-6-4-5-7-11-18)16-20(2)17-8-13-21-14-9-17/h17,19H,3-16H2,1-2H3. The highest BCUT2D eigenvalue weighted by molar-refractivity contribution is 4.88. The Balaban J connectivity index is 1.92. The van der Waals surface area contributed by atoms with Gasteiger partial charge in [-0.15, -0.1) is 0 Å². The van der Waals surface area contributed by atoms with E-state index in [0.717, 1.165) is 19.3 Å². The summed E-state index contributed by atoms with van der Waals surface area (Å²) in [7, 11) is 2.35. The zero-order valence-corrected chi connectivity index (χ0v) is 14.3. The molecule has 0 amide bonds. The first-order valence-corrected chi connectivity index (χ1v) is 9.24. The van der Waals surface area contributed by atoms with Gasteiger partial charge in [0.05, 0.1) is 0 Å². The third-order valence-corrected chi connectivity index (χ3v) is 5.49. The zero-order chi connectivity index (χ0) is 15.0. The van der Waals surface area contributed by atoms with E-state index >= 15 is 0 Å². The first-order chi connectivity index (χ1) is 10.3. The lowest BCUT2D eigenvalue weighted by Crippen LogP contribution is -2.47. The number of nitrogens with one attached hydrogen (secondary N) is 1. The Morgan fingerprint density at radius 3 is 2.38 bits per heavy atom. The van der Waals surface area contributed by atoms with E-state index in [0.29, 0.717) is 5.41 Å². The van der Waals surface area contributed by atoms with Gasteiger partial charge in [-0.2, -0.15) is 0 Å². The Hall–Kier alpha value is -0.120. The second-order valence-corrected chi connectivity index (χ2v) is 7.35. The Labute approximate surface area is 131 Å². The molecule has 124 valence electrons. The molecule has 2 aliphatic rings. The highest BCUT2D eigenvalue weighted by Crippen LogP contribution is 2.36. The van der Waals surface area contributed by atoms with Crippen LogP contribution < -0.4 is 5.32 Å². The van der Waals surface area contributed by atoms with Crippen molar-refractivity contribution in [1.82, 2.24) is 10.2 Å². The first kappa shape index (κ1) is 17.2. The lowest BCUT2D eigenvalue weighted by molar-refractivity contribution is 0.0240. The minimum atomic E-state index is 0.513. The molecule has 21 heavy (non-hydrogen) atoms. The van der Waals surface area contributed by atoms with Crippen molar-refractivity contribution in [3.8, 4) is 0 Å². The maximum atomic E-state index is 5.53. The first-order valence-electron chi connectivity index (χ1n) is 9.24. The molecule has 3 nitrogen and oxygen atoms in total. The highest BCUT2D eigenvalue weighted by atomic mass is 16.5. The lowest BCUT2D eigenvalue weighted by Gasteiger charge is -2.41. The smallest absolute Gasteiger partial charge is 0.0480 e. The molecule has 1 N–H and O–H groups in total. The minimum absolute atomic E-state index is 0.513. The molecular weight excluding hydrogens is 260 g/mol. The van der Waals surface area contributed by atoms with Gasteiger partial charge in [0.15, 0.2) is 0 Å². The van der Waals surface area contributed by atoms with Crippen LogP contribution in [-0.2, 0) is 4.74 Å². The van der Waals surface area contributed by atoms with Gasteiger partial charge in [0, 0.05) is 32.3 Å². The van der Waals surface area contributed by atoms with Gasteiger partial charge in [-0.25, -0.2) is 0 Å². The average molecular weight is 296 g/mol. The van der Waals surface area contributed by atoms with Crippen LogP contribution in [0.4, 0.5) is 0 Å². The van der Waals surface area contributed by atoms with Gasteiger partial charge in [0.2, 0.25) is 0 Å². The quantitative estimate of drug-likeness (QED) is 0.575. The molecule has 0 aromatic heterocycles. The number of nitrogens with zero attached hydrogens (tertiary/aromatic N) is 1. The third-order valence-electron chi connectivity index (χ3n) is 5.49. The molecule has 1 saturated heterocycles. The van der Waals surface area contributed by atoms with Crippen molar-refractivity contribution < 1.29 is 4.74 Å². The number of rotatable bonds is 7. The van der Waals surface area contributed by atoms with E-state index in [9.17, 15) is 0 Å². The third kappa shape index (κ3) is 5.54. The molecule has 0 bridgehead atoms. The fourth-order valence-corrected chi connectivity index (χ4v) is 4.18. The molecule has 0 unspecified atom stereocenters. The molecule has 0 aromatic carbocycles. The van der Waals surface area contributed by atoms with Gasteiger partial charge in [0.25, 0.3) is 0 Å². The molecule has 2 rings (SSSR count). The van der Waals surface area contributed by atoms with Crippen molar-refractivity contribution in [3.05, 3.63) is 0 Å². The zero-order valence-electron chi connectivity index (χ0n) is 14.3. The van der Waals surface area contributed by atoms with Gasteiger partial charge in [-0.3, -0.25) is 0 Å². The maximum Gasteiger partial charge on any atom is 0.0480 e. The molecule has 0 atom stereocenters. The van der Waals surface area contributed by atoms with Crippen molar-refractivity contribution in [2.75, 3.05) is 39.9 Å². The van der Waals surface area contributed by atoms with Crippen LogP contribution in [0.3, 0.4) is 0 Å². The second-order valence-electron chi connectivity index (χ2n) is 7.35. The van der Waals surface area contributed by atoms with E-state index in [4.69, 9.17) is 4.74 Å². The molecule has 3 heteroatoms. The fraction of sp³-hybridized carbons (Fsp3) is 1.00. The van der Waals surface area contributed by atoms with Crippen LogP contribution in [0.5, 0.6) is 0 Å². The van der Waals surface area contributed by atoms with E-state index in [2.05, 4.69) is 24.2 Å². The van der Waals surface area contributed by atoms with Gasteiger partial charge >= 0.3 is 0 Å². The summed E-state index contributed by atoms with van der Waals surface area (Å²) in [5.41, 5.74) is 0.513. The van der Waals surface area contributed by atoms with Crippen molar-refractivity contribution in [1.29, 1.82) is 0 Å². The number of ether oxygens (including phenoxy) is 1. The number of hydrogen-bond donors (Lipinski definition) is 1. The molecule has 1 heterocycles. The van der Waals surface area contributed by atoms with Crippen molar-refractivity contribution in [2.24, 2.45) is 5.41 Å². The Morgan fingerprint density at radius 1 is 1.10 bits per heavy atom. The van der Waals surface area contributed by atoms with Crippen molar-refractivity contribution >= 4 is 0 Å². The van der Waals surface area contributed by atoms with Gasteiger partial charge in [0.1, 0.15) is 0 Å². The Bertz CT molecular complexity index is 268. The summed E-state index contributed by atoms with van der Waals surface area (Å²) in [5.74, 6) is 0. The predicted octanol–water partition coefficient (Wildman–Crippen LogP) is 3.44. The Morgan fingerprint density at radius 2 is 1.76 bits per heavy atom. The maximum absolute atomic E-state index is 5.53. The summed E-state index contributed by atoms with van der Waals surface area (Å²) < 4.78 is 5.53. The van der Waals surface area contributed by atoms with Crippen LogP contribution in [0.25, 0.3) is 0 Å². The summed E-state index contributed by atoms with van der Waals surface area (Å²) in [4.78, 5) is 2.65. The molecule has 1 saturated carbocycles. The Kier molecular flexibility index (Phi) is 7.48. The predicted molar refractivity (Wildman–Crippen MR) is 89.8 cm³/mol. The summed E-state index contributed by atoms with van der Waals surface area (Å²) in [6.45, 7) is 7.83. The molecule has 2 fully saturated rings. The summed E-state index contributed by atoms with van der Waals surface area (Å²) in [6, 6.07) is 0.741. The van der Waals surface area contributed by atoms with E-state index in [-0.39, 0.29) is 0 Å². The van der Waals surface area contributed by atoms with E-state index < -0.39 is 0 Å². The minimum Gasteiger partial charge on any atom is -0.381 e. The van der Waals surface area contributed by atoms with Gasteiger partial charge < -0.3 is 15.0 Å². The van der Waals surface area contributed by atoms with Crippen LogP contribution in [0.2, 0.25) is 0 Å². The fourth-order valence-electron chi connectivity index (χ4n) is 4.18. The lowest BCUT2D eigenvalue weighted by atomic mass is 9.79. The monoisotopic (exact) mass is 296 g/mol. The van der Waals surface area contributed by atoms with Gasteiger partial charge in [-0.05, 0) is 51.1 Å². The summed E-state index contributed by atoms with van der Waals surface area (Å²) in [6.07, 6.45) is 12.2. The molecular formula is C18H36N2O. The van der Waals surface area contributed by atoms with E-state index in [1.54, 1.807) is 0 Å². The normalized spacial score (nSPS) is 24.1. The summed E-state index contributed by atoms with van der Waals surface area (Å²) in [5, 5.41) is 3.73. The SMILES string of the molecule is CCCNCC1(CN(C)C2CCOCC2)CCCCCC1. The van der Waals surface area contributed by atoms with Crippen LogP contribution in [0.15, 0.2) is 0 Å². The highest BCUT2D eigenvalue weighted by Gasteiger charge is 2.33. The second kappa shape index (κ2) is 9.12. The van der Waals surface area contributed by atoms with Crippen molar-refractivity contribution in [2.45, 2.75) is 70.8 Å². The largest absolute Gasteiger partial charge is 0.381 e. The molecule has 0 radical (unpaired) electrons. The van der Waals surface area contributed by atoms with Gasteiger partial charge in [-0.1, -0.05) is 32.6 Å². The molecule has 1 aliphatic heterocycles. The van der Waals surface area contributed by atoms with Crippen LogP contribution >= 0.6 is 0 Å². The molecule has 1 aliphatic carbocycles. The summed E-state index contributed by atoms with van der Waals surface area (Å²) >= 11 is 0. The number of hydrogen-bond acceptors (Lipinski definition) is 3. The topological polar surface area (TPSA) is 24.5 Å². The van der Waals surface area contributed by atoms with Crippen molar-refractivity contribution in [3.63, 3.8) is 0 Å². The molecule has 0 spiro atoms. The van der Waals surface area contributed by atoms with Crippen LogP contribution in [-0.4, -0.2) is 50.8 Å².